The highest BCUT2D eigenvalue weighted by molar-refractivity contribution is 6.35. The summed E-state index contributed by atoms with van der Waals surface area (Å²) < 4.78 is 5.71. The maximum Gasteiger partial charge on any atom is 0.270 e. The molecule has 3 aromatic carbocycles. The van der Waals surface area contributed by atoms with Crippen molar-refractivity contribution >= 4 is 40.7 Å². The van der Waals surface area contributed by atoms with Gasteiger partial charge < -0.3 is 4.74 Å². The van der Waals surface area contributed by atoms with Gasteiger partial charge in [0.25, 0.3) is 5.69 Å². The molecule has 0 atom stereocenters. The molecule has 0 saturated carbocycles. The van der Waals surface area contributed by atoms with Gasteiger partial charge in [-0.1, -0.05) is 53.5 Å². The number of halogens is 2. The van der Waals surface area contributed by atoms with E-state index in [9.17, 15) is 20.2 Å². The number of allylic oxidation sites excluding steroid dienone is 1. The van der Waals surface area contributed by atoms with Crippen molar-refractivity contribution in [3.05, 3.63) is 109 Å². The van der Waals surface area contributed by atoms with Crippen LogP contribution in [-0.2, 0) is 6.61 Å². The molecule has 31 heavy (non-hydrogen) atoms. The largest absolute Gasteiger partial charge is 0.489 e. The quantitative estimate of drug-likeness (QED) is 0.138. The molecule has 3 rings (SSSR count). The monoisotopic (exact) mass is 452 g/mol. The van der Waals surface area contributed by atoms with Gasteiger partial charge >= 0.3 is 0 Å². The third-order valence-electron chi connectivity index (χ3n) is 4.28. The van der Waals surface area contributed by atoms with Gasteiger partial charge in [0, 0.05) is 33.3 Å². The molecule has 154 valence electrons. The number of ether oxygens (including phenoxy) is 1. The van der Waals surface area contributed by atoms with Crippen molar-refractivity contribution in [3.8, 4) is 11.8 Å². The van der Waals surface area contributed by atoms with E-state index in [2.05, 4.69) is 0 Å². The van der Waals surface area contributed by atoms with E-state index < -0.39 is 10.7 Å². The fraction of sp³-hybridized carbons (Fsp3) is 0.0435. The van der Waals surface area contributed by atoms with Gasteiger partial charge in [0.1, 0.15) is 24.0 Å². The van der Waals surface area contributed by atoms with Crippen LogP contribution < -0.4 is 4.74 Å². The minimum Gasteiger partial charge on any atom is -0.489 e. The van der Waals surface area contributed by atoms with E-state index in [1.165, 1.54) is 24.3 Å². The molecule has 0 N–H and O–H groups in total. The Bertz CT molecular complexity index is 1210. The zero-order chi connectivity index (χ0) is 22.4. The van der Waals surface area contributed by atoms with Gasteiger partial charge in [-0.25, -0.2) is 0 Å². The maximum absolute atomic E-state index is 12.6. The average Bonchev–Trinajstić information content (AvgIpc) is 2.77. The first-order valence-corrected chi connectivity index (χ1v) is 9.70. The van der Waals surface area contributed by atoms with Crippen molar-refractivity contribution in [2.24, 2.45) is 0 Å². The fourth-order valence-electron chi connectivity index (χ4n) is 2.69. The number of nitro benzene ring substituents is 1. The van der Waals surface area contributed by atoms with Gasteiger partial charge in [0.2, 0.25) is 5.78 Å². The van der Waals surface area contributed by atoms with Crippen LogP contribution in [0.5, 0.6) is 5.75 Å². The van der Waals surface area contributed by atoms with Gasteiger partial charge in [-0.15, -0.1) is 0 Å². The van der Waals surface area contributed by atoms with Crippen molar-refractivity contribution in [2.45, 2.75) is 6.61 Å². The summed E-state index contributed by atoms with van der Waals surface area (Å²) in [5, 5.41) is 21.3. The summed E-state index contributed by atoms with van der Waals surface area (Å²) in [4.78, 5) is 22.9. The molecule has 0 saturated heterocycles. The van der Waals surface area contributed by atoms with E-state index in [-0.39, 0.29) is 23.4 Å². The molecule has 0 amide bonds. The summed E-state index contributed by atoms with van der Waals surface area (Å²) in [6.45, 7) is 0.250. The average molecular weight is 453 g/mol. The van der Waals surface area contributed by atoms with E-state index in [0.29, 0.717) is 21.4 Å². The van der Waals surface area contributed by atoms with Gasteiger partial charge in [-0.05, 0) is 35.9 Å². The molecule has 0 radical (unpaired) electrons. The van der Waals surface area contributed by atoms with Crippen LogP contribution in [0, 0.1) is 21.4 Å². The Labute approximate surface area is 188 Å². The number of hydrogen-bond acceptors (Lipinski definition) is 5. The van der Waals surface area contributed by atoms with Crippen LogP contribution in [0.2, 0.25) is 10.0 Å². The highest BCUT2D eigenvalue weighted by atomic mass is 35.5. The maximum atomic E-state index is 12.6. The van der Waals surface area contributed by atoms with Crippen LogP contribution in [0.3, 0.4) is 0 Å². The lowest BCUT2D eigenvalue weighted by Gasteiger charge is -2.08. The number of nitrogens with zero attached hydrogens (tertiary/aromatic N) is 2. The van der Waals surface area contributed by atoms with Crippen LogP contribution in [0.1, 0.15) is 21.5 Å². The lowest BCUT2D eigenvalue weighted by Crippen LogP contribution is -2.02. The predicted molar refractivity (Wildman–Crippen MR) is 118 cm³/mol. The van der Waals surface area contributed by atoms with Gasteiger partial charge in [0.15, 0.2) is 0 Å². The standard InChI is InChI=1S/C23H14Cl2N2O4/c24-19-7-6-17(22(25)12-19)14-31-21-8-4-15(5-9-21)10-18(13-26)23(28)16-2-1-3-20(11-16)27(29)30/h1-12H,14H2/b18-10+. The van der Waals surface area contributed by atoms with Gasteiger partial charge in [-0.2, -0.15) is 5.26 Å². The third kappa shape index (κ3) is 5.70. The number of hydrogen-bond donors (Lipinski definition) is 0. The molecular weight excluding hydrogens is 439 g/mol. The number of ketones is 1. The number of non-ortho nitro benzene ring substituents is 1. The molecule has 6 nitrogen and oxygen atoms in total. The highest BCUT2D eigenvalue weighted by Crippen LogP contribution is 2.23. The lowest BCUT2D eigenvalue weighted by molar-refractivity contribution is -0.384. The molecule has 3 aromatic rings. The van der Waals surface area contributed by atoms with Crippen LogP contribution in [0.15, 0.2) is 72.3 Å². The molecule has 0 unspecified atom stereocenters. The number of carbonyl (C=O) groups is 1. The molecule has 0 aliphatic rings. The molecule has 0 aromatic heterocycles. The molecular formula is C23H14Cl2N2O4. The Balaban J connectivity index is 1.73. The van der Waals surface area contributed by atoms with E-state index in [1.54, 1.807) is 42.5 Å². The van der Waals surface area contributed by atoms with E-state index in [0.717, 1.165) is 11.6 Å². The smallest absolute Gasteiger partial charge is 0.270 e. The van der Waals surface area contributed by atoms with Crippen LogP contribution in [0.25, 0.3) is 6.08 Å². The number of nitro groups is 1. The summed E-state index contributed by atoms with van der Waals surface area (Å²) in [7, 11) is 0. The normalized spacial score (nSPS) is 10.9. The Kier molecular flexibility index (Phi) is 7.03. The Morgan fingerprint density at radius 1 is 1.10 bits per heavy atom. The minimum absolute atomic E-state index is 0.0711. The SMILES string of the molecule is N#C/C(=C\c1ccc(OCc2ccc(Cl)cc2Cl)cc1)C(=O)c1cccc([N+](=O)[O-])c1. The lowest BCUT2D eigenvalue weighted by atomic mass is 10.0. The summed E-state index contributed by atoms with van der Waals surface area (Å²) in [5.74, 6) is -0.0180. The number of benzene rings is 3. The Hall–Kier alpha value is -3.66. The van der Waals surface area contributed by atoms with Crippen molar-refractivity contribution in [1.82, 2.24) is 0 Å². The second-order valence-corrected chi connectivity index (χ2v) is 7.24. The van der Waals surface area contributed by atoms with Crippen LogP contribution in [-0.4, -0.2) is 10.7 Å². The molecule has 0 aliphatic heterocycles. The van der Waals surface area contributed by atoms with Gasteiger partial charge in [-0.3, -0.25) is 14.9 Å². The molecule has 0 aliphatic carbocycles. The summed E-state index contributed by atoms with van der Waals surface area (Å²) in [5.41, 5.74) is 1.10. The second-order valence-electron chi connectivity index (χ2n) is 6.40. The first-order valence-electron chi connectivity index (χ1n) is 8.95. The predicted octanol–water partition coefficient (Wildman–Crippen LogP) is 6.27. The number of nitriles is 1. The van der Waals surface area contributed by atoms with Crippen molar-refractivity contribution < 1.29 is 14.5 Å². The van der Waals surface area contributed by atoms with E-state index in [1.807, 2.05) is 6.07 Å². The zero-order valence-electron chi connectivity index (χ0n) is 15.9. The number of rotatable bonds is 7. The second kappa shape index (κ2) is 9.90. The third-order valence-corrected chi connectivity index (χ3v) is 4.87. The first kappa shape index (κ1) is 22.0. The van der Waals surface area contributed by atoms with Crippen LogP contribution in [0.4, 0.5) is 5.69 Å². The van der Waals surface area contributed by atoms with Crippen molar-refractivity contribution in [3.63, 3.8) is 0 Å². The molecule has 0 fully saturated rings. The highest BCUT2D eigenvalue weighted by Gasteiger charge is 2.15. The molecule has 0 heterocycles. The number of Topliss-reactive ketones (excluding diaryl/α,β-unsaturated/α-hetero) is 1. The molecule has 0 bridgehead atoms. The fourth-order valence-corrected chi connectivity index (χ4v) is 3.15. The van der Waals surface area contributed by atoms with Crippen molar-refractivity contribution in [1.29, 1.82) is 5.26 Å². The topological polar surface area (TPSA) is 93.2 Å². The molecule has 0 spiro atoms. The Morgan fingerprint density at radius 2 is 1.84 bits per heavy atom. The van der Waals surface area contributed by atoms with Gasteiger partial charge in [0.05, 0.1) is 4.92 Å². The van der Waals surface area contributed by atoms with Crippen LogP contribution >= 0.6 is 23.2 Å². The van der Waals surface area contributed by atoms with Crippen molar-refractivity contribution in [2.75, 3.05) is 0 Å². The Morgan fingerprint density at radius 3 is 2.48 bits per heavy atom. The number of carbonyl (C=O) groups excluding carboxylic acids is 1. The van der Waals surface area contributed by atoms with E-state index in [4.69, 9.17) is 27.9 Å². The summed E-state index contributed by atoms with van der Waals surface area (Å²) in [6.07, 6.45) is 1.42. The van der Waals surface area contributed by atoms with E-state index >= 15 is 0 Å². The summed E-state index contributed by atoms with van der Waals surface area (Å²) >= 11 is 12.0. The molecule has 8 heteroatoms. The first-order chi connectivity index (χ1) is 14.9. The zero-order valence-corrected chi connectivity index (χ0v) is 17.4. The minimum atomic E-state index is -0.595. The summed E-state index contributed by atoms with van der Waals surface area (Å²) in [6, 6.07) is 19.0.